The van der Waals surface area contributed by atoms with Crippen molar-refractivity contribution in [3.05, 3.63) is 54.9 Å². The lowest BCUT2D eigenvalue weighted by Gasteiger charge is -2.30. The first-order chi connectivity index (χ1) is 17.3. The van der Waals surface area contributed by atoms with E-state index in [2.05, 4.69) is 10.3 Å². The topological polar surface area (TPSA) is 82.8 Å². The minimum Gasteiger partial charge on any atom is -0.496 e. The van der Waals surface area contributed by atoms with Crippen LogP contribution in [0.15, 0.2) is 59.3 Å². The van der Waals surface area contributed by atoms with Gasteiger partial charge in [-0.05, 0) is 64.7 Å². The number of para-hydroxylation sites is 1. The van der Waals surface area contributed by atoms with Gasteiger partial charge in [-0.25, -0.2) is 4.79 Å². The third kappa shape index (κ3) is 5.25. The summed E-state index contributed by atoms with van der Waals surface area (Å²) in [6.45, 7) is 5.60. The maximum absolute atomic E-state index is 12.1. The Morgan fingerprint density at radius 2 is 1.81 bits per heavy atom. The van der Waals surface area contributed by atoms with E-state index in [0.717, 1.165) is 64.5 Å². The van der Waals surface area contributed by atoms with E-state index >= 15 is 0 Å². The maximum atomic E-state index is 12.1. The highest BCUT2D eigenvalue weighted by Crippen LogP contribution is 2.39. The standard InChI is InChI=1S/C29H32N2O5/c1-29(2,3)36-28(32)31-19-9-11-20(12-10-19)34-21-14-22-23(26(15-21)33-4)16-30-17-24(22)27-13-18-7-5-6-8-25(18)35-27/h5-8,13-17,19-20H,9-12H2,1-4H3,(H,31,32). The first kappa shape index (κ1) is 24.0. The molecule has 2 aromatic carbocycles. The number of ether oxygens (including phenoxy) is 3. The molecule has 2 heterocycles. The highest BCUT2D eigenvalue weighted by Gasteiger charge is 2.26. The average molecular weight is 489 g/mol. The molecule has 0 saturated heterocycles. The number of furan rings is 1. The molecule has 188 valence electrons. The molecule has 0 atom stereocenters. The summed E-state index contributed by atoms with van der Waals surface area (Å²) in [6.07, 6.45) is 6.67. The van der Waals surface area contributed by atoms with Crippen molar-refractivity contribution in [3.63, 3.8) is 0 Å². The highest BCUT2D eigenvalue weighted by molar-refractivity contribution is 6.00. The van der Waals surface area contributed by atoms with Gasteiger partial charge in [0.2, 0.25) is 0 Å². The number of amides is 1. The summed E-state index contributed by atoms with van der Waals surface area (Å²) in [6, 6.07) is 14.0. The van der Waals surface area contributed by atoms with E-state index in [1.807, 2.05) is 69.4 Å². The lowest BCUT2D eigenvalue weighted by atomic mass is 9.93. The first-order valence-electron chi connectivity index (χ1n) is 12.4. The Kier molecular flexibility index (Phi) is 6.48. The predicted octanol–water partition coefficient (Wildman–Crippen LogP) is 6.87. The van der Waals surface area contributed by atoms with E-state index in [9.17, 15) is 4.79 Å². The van der Waals surface area contributed by atoms with E-state index < -0.39 is 5.60 Å². The van der Waals surface area contributed by atoms with Crippen LogP contribution in [0, 0.1) is 0 Å². The van der Waals surface area contributed by atoms with Crippen LogP contribution in [-0.4, -0.2) is 35.9 Å². The molecule has 36 heavy (non-hydrogen) atoms. The maximum Gasteiger partial charge on any atom is 0.407 e. The molecule has 1 aliphatic carbocycles. The molecule has 0 bridgehead atoms. The molecule has 0 unspecified atom stereocenters. The summed E-state index contributed by atoms with van der Waals surface area (Å²) in [7, 11) is 1.65. The molecular formula is C29H32N2O5. The monoisotopic (exact) mass is 488 g/mol. The van der Waals surface area contributed by atoms with Crippen molar-refractivity contribution >= 4 is 27.8 Å². The second-order valence-electron chi connectivity index (χ2n) is 10.3. The minimum atomic E-state index is -0.504. The molecule has 0 spiro atoms. The van der Waals surface area contributed by atoms with Crippen molar-refractivity contribution in [1.29, 1.82) is 0 Å². The van der Waals surface area contributed by atoms with Gasteiger partial charge in [-0.1, -0.05) is 18.2 Å². The minimum absolute atomic E-state index is 0.0559. The lowest BCUT2D eigenvalue weighted by Crippen LogP contribution is -2.42. The van der Waals surface area contributed by atoms with E-state index in [4.69, 9.17) is 18.6 Å². The fourth-order valence-electron chi connectivity index (χ4n) is 4.75. The van der Waals surface area contributed by atoms with Crippen LogP contribution in [0.5, 0.6) is 11.5 Å². The third-order valence-corrected chi connectivity index (χ3v) is 6.42. The molecule has 7 nitrogen and oxygen atoms in total. The Balaban J connectivity index is 1.34. The zero-order valence-corrected chi connectivity index (χ0v) is 21.2. The Morgan fingerprint density at radius 3 is 2.53 bits per heavy atom. The van der Waals surface area contributed by atoms with Gasteiger partial charge < -0.3 is 23.9 Å². The number of carbonyl (C=O) groups is 1. The zero-order valence-electron chi connectivity index (χ0n) is 21.2. The number of hydrogen-bond acceptors (Lipinski definition) is 6. The number of alkyl carbamates (subject to hydrolysis) is 1. The lowest BCUT2D eigenvalue weighted by molar-refractivity contribution is 0.0471. The number of benzene rings is 2. The summed E-state index contributed by atoms with van der Waals surface area (Å²) in [5.41, 5.74) is 1.22. The molecule has 2 aromatic heterocycles. The Hall–Kier alpha value is -3.74. The van der Waals surface area contributed by atoms with E-state index in [1.165, 1.54) is 0 Å². The molecule has 0 radical (unpaired) electrons. The van der Waals surface area contributed by atoms with Crippen molar-refractivity contribution in [2.75, 3.05) is 7.11 Å². The van der Waals surface area contributed by atoms with Crippen molar-refractivity contribution in [2.24, 2.45) is 0 Å². The van der Waals surface area contributed by atoms with Gasteiger partial charge in [0.15, 0.2) is 0 Å². The number of rotatable bonds is 5. The van der Waals surface area contributed by atoms with Crippen LogP contribution in [0.1, 0.15) is 46.5 Å². The molecule has 1 amide bonds. The van der Waals surface area contributed by atoms with Crippen LogP contribution < -0.4 is 14.8 Å². The van der Waals surface area contributed by atoms with Crippen LogP contribution in [0.3, 0.4) is 0 Å². The van der Waals surface area contributed by atoms with Crippen molar-refractivity contribution < 1.29 is 23.4 Å². The van der Waals surface area contributed by atoms with Crippen molar-refractivity contribution in [1.82, 2.24) is 10.3 Å². The smallest absolute Gasteiger partial charge is 0.407 e. The van der Waals surface area contributed by atoms with E-state index in [-0.39, 0.29) is 18.2 Å². The van der Waals surface area contributed by atoms with Gasteiger partial charge in [0.1, 0.15) is 28.4 Å². The largest absolute Gasteiger partial charge is 0.496 e. The summed E-state index contributed by atoms with van der Waals surface area (Å²) < 4.78 is 23.6. The molecular weight excluding hydrogens is 456 g/mol. The summed E-state index contributed by atoms with van der Waals surface area (Å²) in [5.74, 6) is 2.20. The molecule has 1 fully saturated rings. The molecule has 5 rings (SSSR count). The number of aromatic nitrogens is 1. The molecule has 0 aliphatic heterocycles. The Bertz CT molecular complexity index is 1350. The average Bonchev–Trinajstić information content (AvgIpc) is 3.27. The predicted molar refractivity (Wildman–Crippen MR) is 140 cm³/mol. The first-order valence-corrected chi connectivity index (χ1v) is 12.4. The van der Waals surface area contributed by atoms with Crippen LogP contribution in [0.2, 0.25) is 0 Å². The van der Waals surface area contributed by atoms with Crippen LogP contribution in [-0.2, 0) is 4.74 Å². The van der Waals surface area contributed by atoms with Crippen molar-refractivity contribution in [2.45, 2.75) is 64.2 Å². The quantitative estimate of drug-likeness (QED) is 0.330. The molecule has 4 aromatic rings. The third-order valence-electron chi connectivity index (χ3n) is 6.42. The molecule has 1 aliphatic rings. The summed E-state index contributed by atoms with van der Waals surface area (Å²) in [4.78, 5) is 16.6. The van der Waals surface area contributed by atoms with Crippen LogP contribution in [0.25, 0.3) is 33.1 Å². The molecule has 1 saturated carbocycles. The van der Waals surface area contributed by atoms with E-state index in [0.29, 0.717) is 5.75 Å². The number of fused-ring (bicyclic) bond motifs is 2. The van der Waals surface area contributed by atoms with Gasteiger partial charge in [0, 0.05) is 46.2 Å². The van der Waals surface area contributed by atoms with Gasteiger partial charge >= 0.3 is 6.09 Å². The van der Waals surface area contributed by atoms with Gasteiger partial charge in [-0.3, -0.25) is 4.98 Å². The summed E-state index contributed by atoms with van der Waals surface area (Å²) >= 11 is 0. The van der Waals surface area contributed by atoms with E-state index in [1.54, 1.807) is 13.3 Å². The summed E-state index contributed by atoms with van der Waals surface area (Å²) in [5, 5.41) is 5.88. The zero-order chi connectivity index (χ0) is 25.3. The molecule has 1 N–H and O–H groups in total. The fraction of sp³-hybridized carbons (Fsp3) is 0.379. The highest BCUT2D eigenvalue weighted by atomic mass is 16.6. The number of methoxy groups -OCH3 is 1. The van der Waals surface area contributed by atoms with Gasteiger partial charge in [-0.15, -0.1) is 0 Å². The number of nitrogens with one attached hydrogen (secondary N) is 1. The SMILES string of the molecule is COc1cc(OC2CCC(NC(=O)OC(C)(C)C)CC2)cc2c(-c3cc4ccccc4o3)cncc12. The van der Waals surface area contributed by atoms with Crippen LogP contribution in [0.4, 0.5) is 4.79 Å². The normalized spacial score (nSPS) is 18.2. The van der Waals surface area contributed by atoms with Gasteiger partial charge in [0.05, 0.1) is 13.2 Å². The van der Waals surface area contributed by atoms with Gasteiger partial charge in [-0.2, -0.15) is 0 Å². The second kappa shape index (κ2) is 9.72. The van der Waals surface area contributed by atoms with Gasteiger partial charge in [0.25, 0.3) is 0 Å². The Labute approximate surface area is 210 Å². The Morgan fingerprint density at radius 1 is 1.03 bits per heavy atom. The van der Waals surface area contributed by atoms with Crippen molar-refractivity contribution in [3.8, 4) is 22.8 Å². The second-order valence-corrected chi connectivity index (χ2v) is 10.3. The number of pyridine rings is 1. The molecule has 7 heteroatoms. The fourth-order valence-corrected chi connectivity index (χ4v) is 4.75. The number of hydrogen-bond donors (Lipinski definition) is 1. The van der Waals surface area contributed by atoms with Crippen LogP contribution >= 0.6 is 0 Å². The number of nitrogens with zero attached hydrogens (tertiary/aromatic N) is 1. The number of carbonyl (C=O) groups excluding carboxylic acids is 1.